The maximum Gasteiger partial charge on any atom is 0.337 e. The number of hydrogen-bond acceptors (Lipinski definition) is 5. The van der Waals surface area contributed by atoms with Crippen LogP contribution in [-0.2, 0) is 10.0 Å². The van der Waals surface area contributed by atoms with Crippen molar-refractivity contribution in [3.05, 3.63) is 23.5 Å². The molecule has 0 bridgehead atoms. The van der Waals surface area contributed by atoms with Crippen LogP contribution in [0.25, 0.3) is 0 Å². The van der Waals surface area contributed by atoms with Crippen molar-refractivity contribution in [2.45, 2.75) is 0 Å². The van der Waals surface area contributed by atoms with Gasteiger partial charge in [-0.05, 0) is 12.1 Å². The number of nitrogens with two attached hydrogens (primary N) is 1. The van der Waals surface area contributed by atoms with E-state index in [4.69, 9.17) is 10.8 Å². The van der Waals surface area contributed by atoms with Crippen LogP contribution in [0.3, 0.4) is 0 Å². The van der Waals surface area contributed by atoms with Gasteiger partial charge in [0, 0.05) is 18.8 Å². The third-order valence-electron chi connectivity index (χ3n) is 2.17. The zero-order valence-corrected chi connectivity index (χ0v) is 10.9. The van der Waals surface area contributed by atoms with E-state index in [1.807, 2.05) is 0 Å². The summed E-state index contributed by atoms with van der Waals surface area (Å²) in [5.41, 5.74) is 4.91. The number of hydrogen-bond donors (Lipinski definition) is 4. The first kappa shape index (κ1) is 15.2. The van der Waals surface area contributed by atoms with E-state index in [0.717, 1.165) is 18.4 Å². The number of nitrogens with one attached hydrogen (secondary N) is 2. The highest BCUT2D eigenvalue weighted by atomic mass is 32.2. The lowest BCUT2D eigenvalue weighted by Crippen LogP contribution is -2.27. The van der Waals surface area contributed by atoms with E-state index in [0.29, 0.717) is 0 Å². The Morgan fingerprint density at radius 2 is 2.05 bits per heavy atom. The topological polar surface area (TPSA) is 122 Å². The minimum absolute atomic E-state index is 0.0467. The fraction of sp³-hybridized carbons (Fsp3) is 0.300. The Morgan fingerprint density at radius 1 is 1.42 bits per heavy atom. The molecule has 0 aliphatic rings. The van der Waals surface area contributed by atoms with Crippen LogP contribution in [0, 0.1) is 5.82 Å². The first-order valence-electron chi connectivity index (χ1n) is 5.21. The van der Waals surface area contributed by atoms with Crippen LogP contribution in [-0.4, -0.2) is 38.8 Å². The number of halogens is 1. The van der Waals surface area contributed by atoms with Gasteiger partial charge in [0.1, 0.15) is 5.82 Å². The number of rotatable bonds is 6. The molecule has 0 saturated carbocycles. The number of carbonyl (C=O) groups is 1. The first-order valence-corrected chi connectivity index (χ1v) is 7.10. The third kappa shape index (κ3) is 4.72. The molecule has 5 N–H and O–H groups in total. The highest BCUT2D eigenvalue weighted by Crippen LogP contribution is 2.21. The minimum atomic E-state index is -3.31. The average molecular weight is 291 g/mol. The summed E-state index contributed by atoms with van der Waals surface area (Å²) in [6.07, 6.45) is 0.999. The average Bonchev–Trinajstić information content (AvgIpc) is 2.24. The predicted octanol–water partition coefficient (Wildman–Crippen LogP) is 0.0672. The van der Waals surface area contributed by atoms with Crippen molar-refractivity contribution in [2.24, 2.45) is 0 Å². The molecule has 0 aliphatic heterocycles. The van der Waals surface area contributed by atoms with E-state index in [1.165, 1.54) is 0 Å². The van der Waals surface area contributed by atoms with Crippen molar-refractivity contribution in [3.63, 3.8) is 0 Å². The van der Waals surface area contributed by atoms with Crippen LogP contribution in [0.2, 0.25) is 0 Å². The van der Waals surface area contributed by atoms with Gasteiger partial charge in [0.05, 0.1) is 17.5 Å². The van der Waals surface area contributed by atoms with Crippen LogP contribution in [0.4, 0.5) is 15.8 Å². The highest BCUT2D eigenvalue weighted by molar-refractivity contribution is 7.88. The molecule has 0 fully saturated rings. The number of benzene rings is 1. The van der Waals surface area contributed by atoms with E-state index in [1.54, 1.807) is 0 Å². The molecule has 19 heavy (non-hydrogen) atoms. The summed E-state index contributed by atoms with van der Waals surface area (Å²) in [4.78, 5) is 10.8. The van der Waals surface area contributed by atoms with Gasteiger partial charge in [-0.2, -0.15) is 0 Å². The Hall–Kier alpha value is -1.87. The third-order valence-corrected chi connectivity index (χ3v) is 2.90. The van der Waals surface area contributed by atoms with Gasteiger partial charge < -0.3 is 16.2 Å². The van der Waals surface area contributed by atoms with Gasteiger partial charge in [-0.3, -0.25) is 0 Å². The number of anilines is 2. The van der Waals surface area contributed by atoms with Gasteiger partial charge >= 0.3 is 5.97 Å². The molecule has 1 aromatic carbocycles. The van der Waals surface area contributed by atoms with Crippen molar-refractivity contribution in [1.29, 1.82) is 0 Å². The molecule has 0 unspecified atom stereocenters. The van der Waals surface area contributed by atoms with Crippen LogP contribution >= 0.6 is 0 Å². The summed E-state index contributed by atoms with van der Waals surface area (Å²) in [6.45, 7) is 0.151. The Kier molecular flexibility index (Phi) is 4.67. The summed E-state index contributed by atoms with van der Waals surface area (Å²) in [5.74, 6) is -1.98. The largest absolute Gasteiger partial charge is 0.478 e. The summed E-state index contributed by atoms with van der Waals surface area (Å²) in [5, 5.41) is 11.4. The summed E-state index contributed by atoms with van der Waals surface area (Å²) in [6, 6.07) is 1.96. The molecule has 0 aliphatic carbocycles. The van der Waals surface area contributed by atoms with Crippen molar-refractivity contribution in [1.82, 2.24) is 4.72 Å². The molecule has 1 aromatic rings. The maximum atomic E-state index is 13.5. The van der Waals surface area contributed by atoms with E-state index in [2.05, 4.69) is 10.0 Å². The lowest BCUT2D eigenvalue weighted by Gasteiger charge is -2.10. The van der Waals surface area contributed by atoms with Crippen LogP contribution in [0.15, 0.2) is 12.1 Å². The molecule has 0 atom stereocenters. The molecule has 0 amide bonds. The number of carboxylic acid groups (broad SMARTS) is 1. The standard InChI is InChI=1S/C10H14FN3O4S/c1-19(17,18)14-3-2-13-9-4-6(10(15)16)8(12)5-7(9)11/h4-5,13-14H,2-3,12H2,1H3,(H,15,16). The van der Waals surface area contributed by atoms with Crippen LogP contribution in [0.5, 0.6) is 0 Å². The van der Waals surface area contributed by atoms with Gasteiger partial charge in [-0.1, -0.05) is 0 Å². The molecule has 0 heterocycles. The molecule has 106 valence electrons. The van der Waals surface area contributed by atoms with Gasteiger partial charge in [0.15, 0.2) is 0 Å². The second-order valence-corrected chi connectivity index (χ2v) is 5.65. The molecule has 0 spiro atoms. The van der Waals surface area contributed by atoms with E-state index < -0.39 is 21.8 Å². The van der Waals surface area contributed by atoms with Crippen LogP contribution < -0.4 is 15.8 Å². The molecule has 0 aromatic heterocycles. The molecule has 0 radical (unpaired) electrons. The first-order chi connectivity index (χ1) is 8.70. The lowest BCUT2D eigenvalue weighted by atomic mass is 10.1. The minimum Gasteiger partial charge on any atom is -0.478 e. The fourth-order valence-corrected chi connectivity index (χ4v) is 1.82. The monoisotopic (exact) mass is 291 g/mol. The second-order valence-electron chi connectivity index (χ2n) is 3.82. The molecular weight excluding hydrogens is 277 g/mol. The Labute approximate surface area is 109 Å². The van der Waals surface area contributed by atoms with Gasteiger partial charge in [-0.25, -0.2) is 22.3 Å². The van der Waals surface area contributed by atoms with Gasteiger partial charge in [0.2, 0.25) is 10.0 Å². The lowest BCUT2D eigenvalue weighted by molar-refractivity contribution is 0.0698. The Morgan fingerprint density at radius 3 is 2.58 bits per heavy atom. The molecular formula is C10H14FN3O4S. The van der Waals surface area contributed by atoms with Crippen molar-refractivity contribution >= 4 is 27.4 Å². The van der Waals surface area contributed by atoms with Crippen molar-refractivity contribution in [2.75, 3.05) is 30.4 Å². The Bertz CT molecular complexity index is 589. The maximum absolute atomic E-state index is 13.5. The van der Waals surface area contributed by atoms with Gasteiger partial charge in [0.25, 0.3) is 0 Å². The summed E-state index contributed by atoms with van der Waals surface area (Å²) in [7, 11) is -3.31. The zero-order valence-electron chi connectivity index (χ0n) is 10.1. The van der Waals surface area contributed by atoms with E-state index in [-0.39, 0.29) is 30.0 Å². The highest BCUT2D eigenvalue weighted by Gasteiger charge is 2.13. The zero-order chi connectivity index (χ0) is 14.6. The predicted molar refractivity (Wildman–Crippen MR) is 69.1 cm³/mol. The van der Waals surface area contributed by atoms with Crippen molar-refractivity contribution < 1.29 is 22.7 Å². The van der Waals surface area contributed by atoms with E-state index >= 15 is 0 Å². The smallest absolute Gasteiger partial charge is 0.337 e. The number of carboxylic acids is 1. The quantitative estimate of drug-likeness (QED) is 0.434. The Balaban J connectivity index is 2.73. The fourth-order valence-electron chi connectivity index (χ4n) is 1.34. The second kappa shape index (κ2) is 5.85. The molecule has 0 saturated heterocycles. The summed E-state index contributed by atoms with van der Waals surface area (Å²) >= 11 is 0. The van der Waals surface area contributed by atoms with Gasteiger partial charge in [-0.15, -0.1) is 0 Å². The molecule has 1 rings (SSSR count). The number of sulfonamides is 1. The SMILES string of the molecule is CS(=O)(=O)NCCNc1cc(C(=O)O)c(N)cc1F. The van der Waals surface area contributed by atoms with Crippen molar-refractivity contribution in [3.8, 4) is 0 Å². The number of nitrogen functional groups attached to an aromatic ring is 1. The molecule has 7 nitrogen and oxygen atoms in total. The summed E-state index contributed by atoms with van der Waals surface area (Å²) < 4.78 is 37.3. The normalized spacial score (nSPS) is 11.3. The molecule has 9 heteroatoms. The van der Waals surface area contributed by atoms with E-state index in [9.17, 15) is 17.6 Å². The number of aromatic carboxylic acids is 1. The van der Waals surface area contributed by atoms with Crippen LogP contribution in [0.1, 0.15) is 10.4 Å².